The van der Waals surface area contributed by atoms with Gasteiger partial charge in [-0.25, -0.2) is 4.68 Å². The topological polar surface area (TPSA) is 68.6 Å². The van der Waals surface area contributed by atoms with Crippen LogP contribution in [0, 0.1) is 0 Å². The number of carbonyl (C=O) groups is 1. The van der Waals surface area contributed by atoms with E-state index in [0.717, 1.165) is 36.3 Å². The highest BCUT2D eigenvalue weighted by Crippen LogP contribution is 2.34. The van der Waals surface area contributed by atoms with Crippen molar-refractivity contribution in [3.05, 3.63) is 60.4 Å². The van der Waals surface area contributed by atoms with E-state index in [1.54, 1.807) is 18.9 Å². The number of amides is 1. The third-order valence-corrected chi connectivity index (χ3v) is 6.27. The third-order valence-electron chi connectivity index (χ3n) is 6.27. The Labute approximate surface area is 195 Å². The zero-order chi connectivity index (χ0) is 23.2. The molecule has 4 rings (SSSR count). The van der Waals surface area contributed by atoms with Crippen molar-refractivity contribution in [2.45, 2.75) is 32.2 Å². The minimum atomic E-state index is -0.174. The number of ether oxygens (including phenoxy) is 2. The van der Waals surface area contributed by atoms with Crippen LogP contribution in [-0.4, -0.2) is 60.5 Å². The number of nitrogens with one attached hydrogen (secondary N) is 1. The number of hydrogen-bond acceptors (Lipinski definition) is 5. The Bertz CT molecular complexity index is 1070. The van der Waals surface area contributed by atoms with Gasteiger partial charge in [0, 0.05) is 24.3 Å². The largest absolute Gasteiger partial charge is 0.493 e. The predicted octanol–water partition coefficient (Wildman–Crippen LogP) is 4.16. The summed E-state index contributed by atoms with van der Waals surface area (Å²) in [6.07, 6.45) is 5.36. The average Bonchev–Trinajstić information content (AvgIpc) is 3.55. The first-order valence-electron chi connectivity index (χ1n) is 11.5. The van der Waals surface area contributed by atoms with E-state index in [0.29, 0.717) is 29.8 Å². The molecule has 1 atom stereocenters. The molecule has 1 amide bonds. The molecule has 0 spiro atoms. The smallest absolute Gasteiger partial charge is 0.272 e. The van der Waals surface area contributed by atoms with E-state index in [-0.39, 0.29) is 5.91 Å². The summed E-state index contributed by atoms with van der Waals surface area (Å²) in [6, 6.07) is 15.8. The second kappa shape index (κ2) is 10.5. The normalized spacial score (nSPS) is 14.8. The summed E-state index contributed by atoms with van der Waals surface area (Å²) >= 11 is 0. The van der Waals surface area contributed by atoms with E-state index in [9.17, 15) is 4.79 Å². The van der Waals surface area contributed by atoms with Crippen LogP contribution in [0.5, 0.6) is 11.5 Å². The summed E-state index contributed by atoms with van der Waals surface area (Å²) in [6.45, 7) is 5.00. The molecule has 7 nitrogen and oxygen atoms in total. The van der Waals surface area contributed by atoms with E-state index < -0.39 is 0 Å². The lowest BCUT2D eigenvalue weighted by Gasteiger charge is -2.26. The summed E-state index contributed by atoms with van der Waals surface area (Å²) in [7, 11) is 3.21. The third kappa shape index (κ3) is 5.03. The number of nitrogens with zero attached hydrogens (tertiary/aromatic N) is 3. The predicted molar refractivity (Wildman–Crippen MR) is 129 cm³/mol. The number of aromatic nitrogens is 2. The molecule has 0 aliphatic carbocycles. The fraction of sp³-hybridized carbons (Fsp3) is 0.385. The van der Waals surface area contributed by atoms with E-state index in [1.165, 1.54) is 12.8 Å². The van der Waals surface area contributed by atoms with Gasteiger partial charge in [-0.15, -0.1) is 0 Å². The average molecular weight is 449 g/mol. The van der Waals surface area contributed by atoms with Crippen molar-refractivity contribution >= 4 is 5.91 Å². The Balaban J connectivity index is 1.65. The van der Waals surface area contributed by atoms with E-state index in [4.69, 9.17) is 9.47 Å². The first kappa shape index (κ1) is 22.9. The molecule has 1 fully saturated rings. The standard InChI is InChI=1S/C26H32N4O3/c1-4-20(29-14-8-9-15-29)17-27-26(31)25-22(18-30(28-25)21-10-6-5-7-11-21)19-12-13-23(32-2)24(16-19)33-3/h5-7,10-13,16,18,20H,4,8-9,14-15,17H2,1-3H3,(H,27,31). The van der Waals surface area contributed by atoms with Crippen LogP contribution in [0.4, 0.5) is 0 Å². The molecule has 1 N–H and O–H groups in total. The van der Waals surface area contributed by atoms with E-state index in [2.05, 4.69) is 22.2 Å². The van der Waals surface area contributed by atoms with Crippen molar-refractivity contribution < 1.29 is 14.3 Å². The molecule has 1 aliphatic heterocycles. The number of rotatable bonds is 9. The van der Waals surface area contributed by atoms with Crippen LogP contribution in [0.15, 0.2) is 54.7 Å². The van der Waals surface area contributed by atoms with Crippen LogP contribution in [0.3, 0.4) is 0 Å². The molecular weight excluding hydrogens is 416 g/mol. The second-order valence-electron chi connectivity index (χ2n) is 8.26. The van der Waals surface area contributed by atoms with Crippen LogP contribution in [-0.2, 0) is 0 Å². The van der Waals surface area contributed by atoms with Gasteiger partial charge in [0.15, 0.2) is 17.2 Å². The number of likely N-dealkylation sites (tertiary alicyclic amines) is 1. The van der Waals surface area contributed by atoms with Gasteiger partial charge in [-0.3, -0.25) is 9.69 Å². The maximum Gasteiger partial charge on any atom is 0.272 e. The molecule has 0 bridgehead atoms. The molecule has 2 heterocycles. The van der Waals surface area contributed by atoms with Crippen LogP contribution >= 0.6 is 0 Å². The zero-order valence-electron chi connectivity index (χ0n) is 19.6. The SMILES string of the molecule is CCC(CNC(=O)c1nn(-c2ccccc2)cc1-c1ccc(OC)c(OC)c1)N1CCCC1. The highest BCUT2D eigenvalue weighted by Gasteiger charge is 2.24. The Hall–Kier alpha value is -3.32. The molecule has 33 heavy (non-hydrogen) atoms. The number of hydrogen-bond donors (Lipinski definition) is 1. The van der Waals surface area contributed by atoms with Gasteiger partial charge in [0.1, 0.15) is 0 Å². The van der Waals surface area contributed by atoms with Crippen molar-refractivity contribution in [2.75, 3.05) is 33.9 Å². The van der Waals surface area contributed by atoms with Gasteiger partial charge < -0.3 is 14.8 Å². The number of carbonyl (C=O) groups excluding carboxylic acids is 1. The molecule has 0 radical (unpaired) electrons. The summed E-state index contributed by atoms with van der Waals surface area (Å²) in [4.78, 5) is 15.8. The fourth-order valence-corrected chi connectivity index (χ4v) is 4.40. The fourth-order valence-electron chi connectivity index (χ4n) is 4.40. The maximum absolute atomic E-state index is 13.3. The van der Waals surface area contributed by atoms with Gasteiger partial charge in [0.2, 0.25) is 0 Å². The summed E-state index contributed by atoms with van der Waals surface area (Å²) in [5.74, 6) is 1.07. The highest BCUT2D eigenvalue weighted by atomic mass is 16.5. The maximum atomic E-state index is 13.3. The van der Waals surface area contributed by atoms with Crippen LogP contribution < -0.4 is 14.8 Å². The van der Waals surface area contributed by atoms with Crippen LogP contribution in [0.25, 0.3) is 16.8 Å². The summed E-state index contributed by atoms with van der Waals surface area (Å²) in [5.41, 5.74) is 2.86. The van der Waals surface area contributed by atoms with Gasteiger partial charge >= 0.3 is 0 Å². The minimum absolute atomic E-state index is 0.174. The summed E-state index contributed by atoms with van der Waals surface area (Å²) in [5, 5.41) is 7.82. The van der Waals surface area contributed by atoms with E-state index in [1.807, 2.05) is 54.7 Å². The quantitative estimate of drug-likeness (QED) is 0.532. The van der Waals surface area contributed by atoms with Crippen molar-refractivity contribution in [1.29, 1.82) is 0 Å². The van der Waals surface area contributed by atoms with Gasteiger partial charge in [-0.05, 0) is 62.2 Å². The zero-order valence-corrected chi connectivity index (χ0v) is 19.6. The van der Waals surface area contributed by atoms with E-state index >= 15 is 0 Å². The molecule has 1 unspecified atom stereocenters. The number of benzene rings is 2. The lowest BCUT2D eigenvalue weighted by molar-refractivity contribution is 0.0932. The number of para-hydroxylation sites is 1. The monoisotopic (exact) mass is 448 g/mol. The van der Waals surface area contributed by atoms with Gasteiger partial charge in [-0.1, -0.05) is 31.2 Å². The minimum Gasteiger partial charge on any atom is -0.493 e. The molecule has 1 saturated heterocycles. The lowest BCUT2D eigenvalue weighted by Crippen LogP contribution is -2.42. The molecule has 2 aromatic carbocycles. The van der Waals surface area contributed by atoms with Crippen LogP contribution in [0.1, 0.15) is 36.7 Å². The summed E-state index contributed by atoms with van der Waals surface area (Å²) < 4.78 is 12.6. The highest BCUT2D eigenvalue weighted by molar-refractivity contribution is 5.99. The van der Waals surface area contributed by atoms with Crippen molar-refractivity contribution in [3.8, 4) is 28.3 Å². The van der Waals surface area contributed by atoms with Crippen LogP contribution in [0.2, 0.25) is 0 Å². The Morgan fingerprint density at radius 2 is 1.79 bits per heavy atom. The molecule has 1 aliphatic rings. The molecule has 174 valence electrons. The van der Waals surface area contributed by atoms with Gasteiger partial charge in [0.25, 0.3) is 5.91 Å². The first-order chi connectivity index (χ1) is 16.1. The second-order valence-corrected chi connectivity index (χ2v) is 8.26. The molecule has 3 aromatic rings. The molecule has 0 saturated carbocycles. The molecule has 1 aromatic heterocycles. The lowest BCUT2D eigenvalue weighted by atomic mass is 10.1. The molecule has 7 heteroatoms. The first-order valence-corrected chi connectivity index (χ1v) is 11.5. The van der Waals surface area contributed by atoms with Gasteiger partial charge in [0.05, 0.1) is 19.9 Å². The molecular formula is C26H32N4O3. The van der Waals surface area contributed by atoms with Crippen molar-refractivity contribution in [3.63, 3.8) is 0 Å². The van der Waals surface area contributed by atoms with Gasteiger partial charge in [-0.2, -0.15) is 5.10 Å². The Kier molecular flexibility index (Phi) is 7.29. The van der Waals surface area contributed by atoms with Crippen molar-refractivity contribution in [1.82, 2.24) is 20.0 Å². The Morgan fingerprint density at radius 3 is 2.45 bits per heavy atom. The number of methoxy groups -OCH3 is 2. The van der Waals surface area contributed by atoms with Crippen molar-refractivity contribution in [2.24, 2.45) is 0 Å². The Morgan fingerprint density at radius 1 is 1.06 bits per heavy atom.